The van der Waals surface area contributed by atoms with Crippen molar-refractivity contribution in [2.24, 2.45) is 0 Å². The van der Waals surface area contributed by atoms with Crippen molar-refractivity contribution >= 4 is 116 Å². The molecule has 0 aliphatic carbocycles. The molecule has 4 aliphatic heterocycles. The third kappa shape index (κ3) is 20.1. The number of benzene rings is 7. The van der Waals surface area contributed by atoms with Crippen molar-refractivity contribution in [1.29, 1.82) is 0 Å². The predicted molar refractivity (Wildman–Crippen MR) is 543 cm³/mol. The van der Waals surface area contributed by atoms with Crippen molar-refractivity contribution in [1.82, 2.24) is 49.8 Å². The summed E-state index contributed by atoms with van der Waals surface area (Å²) in [5.74, 6) is -3.59. The molecule has 4 aliphatic rings. The Morgan fingerprint density at radius 3 is 1.07 bits per heavy atom. The zero-order valence-corrected chi connectivity index (χ0v) is 81.7. The summed E-state index contributed by atoms with van der Waals surface area (Å²) >= 11 is 0. The number of carbonyl (C=O) groups is 8. The number of fused-ring (bicyclic) bond motifs is 4. The predicted octanol–water partition coefficient (Wildman–Crippen LogP) is 24.6. The summed E-state index contributed by atoms with van der Waals surface area (Å²) in [5.41, 5.74) is 4.74. The Balaban J connectivity index is 0.000000135. The topological polar surface area (TPSA) is 327 Å². The van der Waals surface area contributed by atoms with Crippen molar-refractivity contribution in [3.63, 3.8) is 0 Å². The third-order valence-electron chi connectivity index (χ3n) is 25.8. The van der Waals surface area contributed by atoms with Crippen LogP contribution < -0.4 is 40.9 Å². The van der Waals surface area contributed by atoms with E-state index in [1.54, 1.807) is 222 Å². The van der Waals surface area contributed by atoms with Gasteiger partial charge < -0.3 is 21.3 Å². The van der Waals surface area contributed by atoms with E-state index in [4.69, 9.17) is 0 Å². The first-order chi connectivity index (χ1) is 70.7. The van der Waals surface area contributed by atoms with Gasteiger partial charge in [-0.05, 0) is 272 Å². The highest BCUT2D eigenvalue weighted by molar-refractivity contribution is 6.19. The Bertz CT molecular complexity index is 7990. The van der Waals surface area contributed by atoms with E-state index in [0.29, 0.717) is 96.0 Å². The zero-order chi connectivity index (χ0) is 106. The van der Waals surface area contributed by atoms with E-state index >= 15 is 0 Å². The molecule has 13 heterocycles. The molecule has 750 valence electrons. The lowest BCUT2D eigenvalue weighted by atomic mass is 9.81. The van der Waals surface area contributed by atoms with E-state index < -0.39 is 97.5 Å². The molecule has 0 bridgehead atoms. The van der Waals surface area contributed by atoms with Gasteiger partial charge in [0.1, 0.15) is 29.6 Å². The molecule has 4 N–H and O–H groups in total. The summed E-state index contributed by atoms with van der Waals surface area (Å²) in [4.78, 5) is 153. The lowest BCUT2D eigenvalue weighted by molar-refractivity contribution is -0.142. The van der Waals surface area contributed by atoms with Gasteiger partial charge in [0.2, 0.25) is 23.6 Å². The van der Waals surface area contributed by atoms with Gasteiger partial charge in [-0.25, -0.2) is 24.3 Å². The summed E-state index contributed by atoms with van der Waals surface area (Å²) in [5, 5.41) is 10.2. The molecule has 9 aromatic heterocycles. The van der Waals surface area contributed by atoms with Crippen LogP contribution in [0.2, 0.25) is 0 Å². The molecule has 149 heavy (non-hydrogen) atoms. The van der Waals surface area contributed by atoms with Gasteiger partial charge in [0, 0.05) is 95.1 Å². The molecule has 0 fully saturated rings. The van der Waals surface area contributed by atoms with E-state index in [-0.39, 0.29) is 57.7 Å². The molecule has 0 spiro atoms. The molecule has 0 radical (unpaired) electrons. The number of hydrogen-bond donors (Lipinski definition) is 4. The Morgan fingerprint density at radius 1 is 0.302 bits per heavy atom. The molecule has 0 unspecified atom stereocenters. The molecular formula is C113H90F10N18O8. The largest absolute Gasteiger partial charge is 0.434 e. The first-order valence-electron chi connectivity index (χ1n) is 46.4. The quantitative estimate of drug-likeness (QED) is 0.0653. The van der Waals surface area contributed by atoms with E-state index in [1.807, 2.05) is 94.4 Å². The number of aromatic nitrogens is 10. The van der Waals surface area contributed by atoms with Gasteiger partial charge in [0.15, 0.2) is 17.1 Å². The molecule has 0 saturated carbocycles. The van der Waals surface area contributed by atoms with Gasteiger partial charge in [-0.1, -0.05) is 103 Å². The number of hydrogen-bond acceptors (Lipinski definition) is 18. The molecule has 0 atom stereocenters. The average Bonchev–Trinajstić information content (AvgIpc) is 1.58. The number of nitrogens with one attached hydrogen (secondary N) is 4. The van der Waals surface area contributed by atoms with Crippen molar-refractivity contribution < 1.29 is 82.3 Å². The smallest absolute Gasteiger partial charge is 0.322 e. The highest BCUT2D eigenvalue weighted by Gasteiger charge is 2.52. The van der Waals surface area contributed by atoms with Crippen LogP contribution >= 0.6 is 0 Å². The highest BCUT2D eigenvalue weighted by Crippen LogP contribution is 2.55. The lowest BCUT2D eigenvalue weighted by Crippen LogP contribution is -2.33. The fraction of sp³-hybridized carbons (Fsp3) is 0.168. The van der Waals surface area contributed by atoms with Crippen LogP contribution in [0.1, 0.15) is 159 Å². The fourth-order valence-electron chi connectivity index (χ4n) is 18.4. The van der Waals surface area contributed by atoms with Crippen LogP contribution in [0.25, 0.3) is 44.5 Å². The minimum Gasteiger partial charge on any atom is -0.322 e. The van der Waals surface area contributed by atoms with Crippen molar-refractivity contribution in [3.8, 4) is 44.5 Å². The molecule has 16 aromatic rings. The Morgan fingerprint density at radius 2 is 0.678 bits per heavy atom. The second kappa shape index (κ2) is 40.1. The van der Waals surface area contributed by atoms with Crippen LogP contribution in [0.5, 0.6) is 0 Å². The SMILES string of the molecule is CC1(C)C(=O)N(c2cccnc2)c2cccc(-c3cnc(C(F)(F)F)c(C(=O)Nc4ccccc4)c3)c21.Cc1ccc(NC(=O)c2cc(-c3cccc4c3C(C)(C)C(=O)N4c3ccccn3)cnc2C)cc1.Cc1ccc(NC(=O)c2cc(-c3cccc4c3C(C)(C)C(=O)N4c3cccnc3)cnc2C(F)(F)F)nc1.Cc1ccc(NC(=O)c2cc(-c3cccc4c3C(C)(C)C(=O)N4c3ccncn3)cnc2C(F)(F)F)cc1F. The molecule has 26 nitrogen and oxygen atoms in total. The Kier molecular flexibility index (Phi) is 27.6. The minimum absolute atomic E-state index is 0.00514. The number of pyridine rings is 8. The number of anilines is 12. The van der Waals surface area contributed by atoms with Gasteiger partial charge in [-0.3, -0.25) is 87.9 Å². The Hall–Kier alpha value is -18.1. The first kappa shape index (κ1) is 102. The minimum atomic E-state index is -4.93. The standard InChI is InChI=1S/C29H26N4O2.C28H21F4N5O2.C28H22F3N5O2.C28H21F3N4O2/c1-18-11-13-21(14-12-18)32-27(34)23-16-20(17-31-19(23)2)22-8-7-9-24-26(22)29(3,4)28(35)33(24)25-10-5-6-15-30-25;1-15-7-8-17(12-20(15)29)36-25(38)19-11-16(13-34-24(19)28(30,31)32)18-5-4-6-21-23(18)27(2,3)26(39)37(21)22-9-10-33-14-35-22;1-16-9-10-22(33-13-16)35-25(37)20-12-17(14-34-24(20)28(29,30)31)19-7-4-8-21-23(19)27(2,3)26(38)36(21)18-6-5-11-32-15-18;1-27(2)23-20(11-6-12-22(23)35(26(27)37)19-10-7-13-32-16-19)17-14-21(24(33-15-17)28(29,30)31)25(36)34-18-8-4-3-5-9-18/h5-17H,1-4H3,(H,32,34);4-14H,1-3H3,(H,36,38);4-15H,1-3H3,(H,33,35,37);3-16H,1-2H3,(H,34,36). The number of amides is 8. The Labute approximate surface area is 847 Å². The summed E-state index contributed by atoms with van der Waals surface area (Å²) in [6, 6.07) is 63.4. The maximum atomic E-state index is 14.0. The number of carbonyl (C=O) groups excluding carboxylic acids is 8. The van der Waals surface area contributed by atoms with Crippen molar-refractivity contribution in [2.75, 3.05) is 40.9 Å². The molecule has 36 heteroatoms. The van der Waals surface area contributed by atoms with Crippen molar-refractivity contribution in [2.45, 2.75) is 123 Å². The van der Waals surface area contributed by atoms with Gasteiger partial charge in [0.25, 0.3) is 23.6 Å². The number of para-hydroxylation sites is 1. The van der Waals surface area contributed by atoms with Crippen LogP contribution in [0.3, 0.4) is 0 Å². The summed E-state index contributed by atoms with van der Waals surface area (Å²) in [6.45, 7) is 21.4. The van der Waals surface area contributed by atoms with E-state index in [9.17, 15) is 82.3 Å². The highest BCUT2D eigenvalue weighted by atomic mass is 19.4. The number of aryl methyl sites for hydroxylation is 4. The maximum Gasteiger partial charge on any atom is 0.434 e. The normalized spacial score (nSPS) is 14.3. The summed E-state index contributed by atoms with van der Waals surface area (Å²) in [6.07, 6.45) is 2.63. The van der Waals surface area contributed by atoms with Gasteiger partial charge in [0.05, 0.1) is 96.1 Å². The molecule has 0 saturated heterocycles. The van der Waals surface area contributed by atoms with E-state index in [1.165, 1.54) is 54.8 Å². The van der Waals surface area contributed by atoms with Crippen LogP contribution in [-0.4, -0.2) is 97.1 Å². The first-order valence-corrected chi connectivity index (χ1v) is 46.4. The number of nitrogens with zero attached hydrogens (tertiary/aromatic N) is 14. The number of halogens is 10. The average molecular weight is 2020 g/mol. The summed E-state index contributed by atoms with van der Waals surface area (Å²) in [7, 11) is 0. The van der Waals surface area contributed by atoms with Crippen molar-refractivity contribution in [3.05, 3.63) is 395 Å². The molecule has 20 rings (SSSR count). The second-order valence-corrected chi connectivity index (χ2v) is 37.5. The van der Waals surface area contributed by atoms with Gasteiger partial charge in [-0.15, -0.1) is 0 Å². The molecule has 8 amide bonds. The van der Waals surface area contributed by atoms with Crippen LogP contribution in [0.4, 0.5) is 113 Å². The summed E-state index contributed by atoms with van der Waals surface area (Å²) < 4.78 is 139. The molecule has 7 aromatic carbocycles. The van der Waals surface area contributed by atoms with Crippen LogP contribution in [0.15, 0.2) is 305 Å². The second-order valence-electron chi connectivity index (χ2n) is 37.5. The van der Waals surface area contributed by atoms with Gasteiger partial charge >= 0.3 is 18.5 Å². The van der Waals surface area contributed by atoms with Gasteiger partial charge in [-0.2, -0.15) is 39.5 Å². The van der Waals surface area contributed by atoms with E-state index in [0.717, 1.165) is 76.0 Å². The van der Waals surface area contributed by atoms with Crippen LogP contribution in [-0.2, 0) is 59.4 Å². The fourth-order valence-corrected chi connectivity index (χ4v) is 18.4. The number of rotatable bonds is 16. The number of alkyl halides is 9. The van der Waals surface area contributed by atoms with E-state index in [2.05, 4.69) is 71.1 Å². The molecular weight excluding hydrogens is 1930 g/mol. The monoisotopic (exact) mass is 2020 g/mol. The lowest BCUT2D eigenvalue weighted by Gasteiger charge is -2.21. The zero-order valence-electron chi connectivity index (χ0n) is 81.7. The third-order valence-corrected chi connectivity index (χ3v) is 25.8. The maximum absolute atomic E-state index is 14.0. The van der Waals surface area contributed by atoms with Crippen LogP contribution in [0, 0.1) is 33.5 Å².